The zero-order chi connectivity index (χ0) is 22.0. The maximum Gasteiger partial charge on any atom is 0.251 e. The second-order valence-corrected chi connectivity index (χ2v) is 8.70. The van der Waals surface area contributed by atoms with Gasteiger partial charge in [-0.15, -0.1) is 0 Å². The van der Waals surface area contributed by atoms with Crippen LogP contribution in [0.15, 0.2) is 36.4 Å². The molecular weight excluding hydrogens is 390 g/mol. The lowest BCUT2D eigenvalue weighted by molar-refractivity contribution is 0.0937. The number of aromatic nitrogens is 3. The average molecular weight is 420 g/mol. The molecule has 0 spiro atoms. The van der Waals surface area contributed by atoms with E-state index in [9.17, 15) is 4.79 Å². The number of rotatable bonds is 6. The van der Waals surface area contributed by atoms with Crippen LogP contribution in [0.3, 0.4) is 0 Å². The van der Waals surface area contributed by atoms with Gasteiger partial charge in [0.05, 0.1) is 11.2 Å². The first-order valence-electron chi connectivity index (χ1n) is 10.9. The Hall–Kier alpha value is -3.22. The lowest BCUT2D eigenvalue weighted by Crippen LogP contribution is -2.32. The summed E-state index contributed by atoms with van der Waals surface area (Å²) in [5.74, 6) is 0.511. The molecule has 1 fully saturated rings. The van der Waals surface area contributed by atoms with Gasteiger partial charge in [0.1, 0.15) is 5.60 Å². The minimum Gasteiger partial charge on any atom is -0.470 e. The summed E-state index contributed by atoms with van der Waals surface area (Å²) in [6, 6.07) is 11.5. The molecular formula is C24H29N5O2. The highest BCUT2D eigenvalue weighted by atomic mass is 16.5. The topological polar surface area (TPSA) is 103 Å². The largest absolute Gasteiger partial charge is 0.470 e. The fourth-order valence-corrected chi connectivity index (χ4v) is 3.70. The number of nitrogens with zero attached hydrogens (tertiary/aromatic N) is 3. The molecule has 3 N–H and O–H groups in total. The highest BCUT2D eigenvalue weighted by Gasteiger charge is 2.21. The van der Waals surface area contributed by atoms with Gasteiger partial charge >= 0.3 is 0 Å². The number of hydrogen-bond acceptors (Lipinski definition) is 6. The van der Waals surface area contributed by atoms with Crippen LogP contribution in [0.1, 0.15) is 63.2 Å². The molecule has 1 amide bonds. The van der Waals surface area contributed by atoms with Crippen LogP contribution in [0.2, 0.25) is 0 Å². The summed E-state index contributed by atoms with van der Waals surface area (Å²) in [6.45, 7) is 6.04. The Balaban J connectivity index is 1.61. The number of hydrogen-bond donors (Lipinski definition) is 2. The van der Waals surface area contributed by atoms with E-state index in [4.69, 9.17) is 15.5 Å². The molecule has 1 aromatic carbocycles. The van der Waals surface area contributed by atoms with Crippen LogP contribution >= 0.6 is 0 Å². The number of nitrogens with two attached hydrogens (primary N) is 1. The predicted molar refractivity (Wildman–Crippen MR) is 122 cm³/mol. The number of anilines is 1. The molecule has 0 atom stereocenters. The molecule has 2 heterocycles. The van der Waals surface area contributed by atoms with Gasteiger partial charge in [0.15, 0.2) is 5.52 Å². The Kier molecular flexibility index (Phi) is 5.76. The summed E-state index contributed by atoms with van der Waals surface area (Å²) in [5, 5.41) is 3.12. The Bertz CT molecular complexity index is 1090. The van der Waals surface area contributed by atoms with E-state index >= 15 is 0 Å². The van der Waals surface area contributed by atoms with Crippen LogP contribution in [0.5, 0.6) is 5.88 Å². The zero-order valence-corrected chi connectivity index (χ0v) is 18.3. The number of ether oxygens (including phenoxy) is 1. The van der Waals surface area contributed by atoms with Gasteiger partial charge in [0.25, 0.3) is 5.91 Å². The highest BCUT2D eigenvalue weighted by molar-refractivity contribution is 5.95. The van der Waals surface area contributed by atoms with E-state index in [2.05, 4.69) is 22.2 Å². The van der Waals surface area contributed by atoms with Crippen molar-refractivity contribution in [3.05, 3.63) is 42.0 Å². The van der Waals surface area contributed by atoms with Crippen molar-refractivity contribution in [1.82, 2.24) is 20.3 Å². The van der Waals surface area contributed by atoms with Gasteiger partial charge in [-0.3, -0.25) is 4.79 Å². The average Bonchev–Trinajstić information content (AvgIpc) is 3.26. The van der Waals surface area contributed by atoms with E-state index in [-0.39, 0.29) is 11.9 Å². The second kappa shape index (κ2) is 8.49. The van der Waals surface area contributed by atoms with Crippen LogP contribution in [0.4, 0.5) is 5.95 Å². The first kappa shape index (κ1) is 21.0. The molecule has 2 aromatic heterocycles. The van der Waals surface area contributed by atoms with Gasteiger partial charge in [-0.05, 0) is 57.4 Å². The fraction of sp³-hybridized carbons (Fsp3) is 0.417. The Morgan fingerprint density at radius 2 is 1.81 bits per heavy atom. The lowest BCUT2D eigenvalue weighted by atomic mass is 10.1. The van der Waals surface area contributed by atoms with E-state index in [1.807, 2.05) is 50.2 Å². The SMILES string of the molecule is CCC(C)(C)Oc1nc(N)nc2ccc(-c3ccc(C(=O)NC4CCCC4)cc3)nc12. The lowest BCUT2D eigenvalue weighted by Gasteiger charge is -2.24. The molecule has 1 aliphatic carbocycles. The maximum absolute atomic E-state index is 12.5. The smallest absolute Gasteiger partial charge is 0.251 e. The molecule has 3 aromatic rings. The first-order chi connectivity index (χ1) is 14.8. The molecule has 4 rings (SSSR count). The number of carbonyl (C=O) groups is 1. The predicted octanol–water partition coefficient (Wildman–Crippen LogP) is 4.51. The monoisotopic (exact) mass is 419 g/mol. The minimum absolute atomic E-state index is 0.0220. The number of carbonyl (C=O) groups excluding carboxylic acids is 1. The molecule has 0 saturated heterocycles. The molecule has 31 heavy (non-hydrogen) atoms. The molecule has 7 nitrogen and oxygen atoms in total. The molecule has 1 aliphatic rings. The summed E-state index contributed by atoms with van der Waals surface area (Å²) >= 11 is 0. The van der Waals surface area contributed by atoms with E-state index in [1.54, 1.807) is 0 Å². The highest BCUT2D eigenvalue weighted by Crippen LogP contribution is 2.29. The first-order valence-corrected chi connectivity index (χ1v) is 10.9. The van der Waals surface area contributed by atoms with Crippen molar-refractivity contribution in [3.8, 4) is 17.1 Å². The zero-order valence-electron chi connectivity index (χ0n) is 18.3. The van der Waals surface area contributed by atoms with Gasteiger partial charge in [0.2, 0.25) is 11.8 Å². The van der Waals surface area contributed by atoms with Crippen molar-refractivity contribution >= 4 is 22.9 Å². The molecule has 0 bridgehead atoms. The number of fused-ring (bicyclic) bond motifs is 1. The van der Waals surface area contributed by atoms with Crippen LogP contribution in [-0.2, 0) is 0 Å². The number of nitrogens with one attached hydrogen (secondary N) is 1. The number of benzene rings is 1. The quantitative estimate of drug-likeness (QED) is 0.609. The standard InChI is InChI=1S/C24H29N5O2/c1-4-24(2,3)31-22-20-19(28-23(25)29-22)14-13-18(27-20)15-9-11-16(12-10-15)21(30)26-17-7-5-6-8-17/h9-14,17H,4-8H2,1-3H3,(H,26,30)(H2,25,28,29). The van der Waals surface area contributed by atoms with E-state index in [0.29, 0.717) is 28.5 Å². The third-order valence-corrected chi connectivity index (χ3v) is 5.89. The normalized spacial score (nSPS) is 14.7. The molecule has 0 unspecified atom stereocenters. The van der Waals surface area contributed by atoms with Crippen LogP contribution < -0.4 is 15.8 Å². The summed E-state index contributed by atoms with van der Waals surface area (Å²) in [5.41, 5.74) is 8.97. The van der Waals surface area contributed by atoms with Crippen LogP contribution in [-0.4, -0.2) is 32.5 Å². The second-order valence-electron chi connectivity index (χ2n) is 8.70. The van der Waals surface area contributed by atoms with Crippen molar-refractivity contribution in [2.24, 2.45) is 0 Å². The number of amides is 1. The van der Waals surface area contributed by atoms with Gasteiger partial charge in [-0.2, -0.15) is 4.98 Å². The number of pyridine rings is 1. The van der Waals surface area contributed by atoms with Crippen molar-refractivity contribution in [3.63, 3.8) is 0 Å². The molecule has 1 saturated carbocycles. The summed E-state index contributed by atoms with van der Waals surface area (Å²) in [7, 11) is 0. The van der Waals surface area contributed by atoms with E-state index in [0.717, 1.165) is 30.5 Å². The van der Waals surface area contributed by atoms with Gasteiger partial charge in [-0.1, -0.05) is 31.9 Å². The van der Waals surface area contributed by atoms with Crippen molar-refractivity contribution in [2.45, 2.75) is 64.5 Å². The van der Waals surface area contributed by atoms with E-state index in [1.165, 1.54) is 12.8 Å². The summed E-state index contributed by atoms with van der Waals surface area (Å²) in [6.07, 6.45) is 5.32. The van der Waals surface area contributed by atoms with Crippen molar-refractivity contribution in [2.75, 3.05) is 5.73 Å². The maximum atomic E-state index is 12.5. The van der Waals surface area contributed by atoms with Crippen LogP contribution in [0.25, 0.3) is 22.3 Å². The molecule has 0 aliphatic heterocycles. The van der Waals surface area contributed by atoms with Crippen molar-refractivity contribution < 1.29 is 9.53 Å². The third-order valence-electron chi connectivity index (χ3n) is 5.89. The van der Waals surface area contributed by atoms with Crippen LogP contribution in [0, 0.1) is 0 Å². The molecule has 162 valence electrons. The molecule has 0 radical (unpaired) electrons. The molecule has 7 heteroatoms. The number of nitrogen functional groups attached to an aromatic ring is 1. The minimum atomic E-state index is -0.403. The summed E-state index contributed by atoms with van der Waals surface area (Å²) in [4.78, 5) is 25.8. The third kappa shape index (κ3) is 4.76. The Labute approximate surface area is 182 Å². The van der Waals surface area contributed by atoms with Crippen molar-refractivity contribution in [1.29, 1.82) is 0 Å². The van der Waals surface area contributed by atoms with Gasteiger partial charge in [0, 0.05) is 17.2 Å². The van der Waals surface area contributed by atoms with E-state index < -0.39 is 5.60 Å². The Morgan fingerprint density at radius 3 is 2.48 bits per heavy atom. The van der Waals surface area contributed by atoms with Gasteiger partial charge < -0.3 is 15.8 Å². The summed E-state index contributed by atoms with van der Waals surface area (Å²) < 4.78 is 6.10. The fourth-order valence-electron chi connectivity index (χ4n) is 3.70. The Morgan fingerprint density at radius 1 is 1.10 bits per heavy atom. The van der Waals surface area contributed by atoms with Gasteiger partial charge in [-0.25, -0.2) is 9.97 Å².